The summed E-state index contributed by atoms with van der Waals surface area (Å²) in [5.41, 5.74) is 1.02. The van der Waals surface area contributed by atoms with Gasteiger partial charge in [-0.15, -0.1) is 0 Å². The SMILES string of the molecule is C[S+]([O-])c1nc(Br)c2c(n1)N1C(=NCC13CCCC3)C=C2. The van der Waals surface area contributed by atoms with E-state index in [1.165, 1.54) is 12.8 Å². The minimum absolute atomic E-state index is 0.0646. The number of aliphatic imine (C=N–C) groups is 1. The maximum absolute atomic E-state index is 11.8. The predicted molar refractivity (Wildman–Crippen MR) is 87.1 cm³/mol. The minimum atomic E-state index is -1.20. The molecular weight excluding hydrogens is 352 g/mol. The monoisotopic (exact) mass is 366 g/mol. The lowest BCUT2D eigenvalue weighted by molar-refractivity contribution is 0.468. The molecule has 7 heteroatoms. The van der Waals surface area contributed by atoms with Crippen molar-refractivity contribution >= 4 is 44.8 Å². The quantitative estimate of drug-likeness (QED) is 0.435. The maximum Gasteiger partial charge on any atom is 0.345 e. The van der Waals surface area contributed by atoms with E-state index in [4.69, 9.17) is 4.99 Å². The maximum atomic E-state index is 11.8. The van der Waals surface area contributed by atoms with Crippen LogP contribution in [0.2, 0.25) is 0 Å². The summed E-state index contributed by atoms with van der Waals surface area (Å²) in [7, 11) is 0. The fourth-order valence-electron chi connectivity index (χ4n) is 3.50. The van der Waals surface area contributed by atoms with Crippen LogP contribution in [0.1, 0.15) is 31.2 Å². The summed E-state index contributed by atoms with van der Waals surface area (Å²) in [5.74, 6) is 1.82. The van der Waals surface area contributed by atoms with Crippen LogP contribution in [-0.2, 0) is 11.2 Å². The van der Waals surface area contributed by atoms with Crippen molar-refractivity contribution in [2.24, 2.45) is 4.99 Å². The number of halogens is 1. The Morgan fingerprint density at radius 1 is 1.29 bits per heavy atom. The third-order valence-electron chi connectivity index (χ3n) is 4.50. The Balaban J connectivity index is 1.90. The molecule has 21 heavy (non-hydrogen) atoms. The van der Waals surface area contributed by atoms with Crippen LogP contribution in [0.5, 0.6) is 0 Å². The summed E-state index contributed by atoms with van der Waals surface area (Å²) < 4.78 is 12.5. The van der Waals surface area contributed by atoms with Gasteiger partial charge in [0.2, 0.25) is 0 Å². The Kier molecular flexibility index (Phi) is 3.13. The van der Waals surface area contributed by atoms with Crippen molar-refractivity contribution in [2.75, 3.05) is 17.7 Å². The summed E-state index contributed by atoms with van der Waals surface area (Å²) >= 11 is 2.29. The summed E-state index contributed by atoms with van der Waals surface area (Å²) in [4.78, 5) is 15.9. The van der Waals surface area contributed by atoms with Gasteiger partial charge in [-0.05, 0) is 40.9 Å². The van der Waals surface area contributed by atoms with E-state index >= 15 is 0 Å². The number of anilines is 1. The topological polar surface area (TPSA) is 64.4 Å². The van der Waals surface area contributed by atoms with E-state index in [0.717, 1.165) is 36.6 Å². The lowest BCUT2D eigenvalue weighted by atomic mass is 9.95. The van der Waals surface area contributed by atoms with Crippen molar-refractivity contribution in [1.82, 2.24) is 9.97 Å². The van der Waals surface area contributed by atoms with Gasteiger partial charge in [0, 0.05) is 11.2 Å². The van der Waals surface area contributed by atoms with E-state index in [9.17, 15) is 4.55 Å². The second kappa shape index (κ2) is 4.79. The highest BCUT2D eigenvalue weighted by atomic mass is 79.9. The molecule has 5 nitrogen and oxygen atoms in total. The van der Waals surface area contributed by atoms with E-state index in [1.807, 2.05) is 12.2 Å². The molecule has 1 aliphatic carbocycles. The Hall–Kier alpha value is -0.920. The molecule has 0 aromatic carbocycles. The van der Waals surface area contributed by atoms with Crippen molar-refractivity contribution in [2.45, 2.75) is 36.4 Å². The first kappa shape index (κ1) is 13.7. The van der Waals surface area contributed by atoms with Crippen LogP contribution in [-0.4, -0.2) is 38.7 Å². The number of hydrogen-bond donors (Lipinski definition) is 0. The van der Waals surface area contributed by atoms with Crippen molar-refractivity contribution in [3.05, 3.63) is 16.2 Å². The van der Waals surface area contributed by atoms with Gasteiger partial charge in [0.25, 0.3) is 0 Å². The van der Waals surface area contributed by atoms with E-state index in [-0.39, 0.29) is 5.54 Å². The number of nitrogens with zero attached hydrogens (tertiary/aromatic N) is 4. The molecule has 0 amide bonds. The third kappa shape index (κ3) is 1.98. The molecular formula is C14H15BrN4OS. The molecule has 110 valence electrons. The standard InChI is InChI=1S/C14H15BrN4OS/c1-21(20)13-17-11(15)9-4-5-10-16-8-14(6-2-3-7-14)19(10)12(9)18-13/h4-5H,2-3,6-8H2,1H3. The molecule has 1 saturated carbocycles. The fraction of sp³-hybridized carbons (Fsp3) is 0.500. The van der Waals surface area contributed by atoms with E-state index < -0.39 is 11.2 Å². The lowest BCUT2D eigenvalue weighted by Crippen LogP contribution is -2.49. The van der Waals surface area contributed by atoms with Crippen LogP contribution in [0.3, 0.4) is 0 Å². The molecule has 3 heterocycles. The number of amidine groups is 1. The van der Waals surface area contributed by atoms with Crippen LogP contribution < -0.4 is 4.90 Å². The molecule has 1 aromatic rings. The van der Waals surface area contributed by atoms with Crippen molar-refractivity contribution in [1.29, 1.82) is 0 Å². The molecule has 2 aliphatic heterocycles. The molecule has 1 aromatic heterocycles. The zero-order valence-electron chi connectivity index (χ0n) is 11.7. The van der Waals surface area contributed by atoms with Crippen LogP contribution >= 0.6 is 15.9 Å². The first-order chi connectivity index (χ1) is 10.1. The highest BCUT2D eigenvalue weighted by molar-refractivity contribution is 9.10. The predicted octanol–water partition coefficient (Wildman–Crippen LogP) is 2.53. The number of fused-ring (bicyclic) bond motifs is 4. The van der Waals surface area contributed by atoms with Gasteiger partial charge in [-0.3, -0.25) is 4.99 Å². The summed E-state index contributed by atoms with van der Waals surface area (Å²) in [6, 6.07) is 0. The fourth-order valence-corrected chi connectivity index (χ4v) is 4.53. The van der Waals surface area contributed by atoms with Crippen molar-refractivity contribution in [3.8, 4) is 0 Å². The van der Waals surface area contributed by atoms with Crippen molar-refractivity contribution < 1.29 is 4.55 Å². The van der Waals surface area contributed by atoms with Crippen LogP contribution in [0.15, 0.2) is 20.8 Å². The summed E-state index contributed by atoms with van der Waals surface area (Å²) in [6.45, 7) is 0.832. The smallest absolute Gasteiger partial charge is 0.345 e. The zero-order chi connectivity index (χ0) is 14.6. The average Bonchev–Trinajstić information content (AvgIpc) is 3.08. The molecule has 1 atom stereocenters. The summed E-state index contributed by atoms with van der Waals surface area (Å²) in [6.07, 6.45) is 10.4. The molecule has 0 saturated heterocycles. The Morgan fingerprint density at radius 2 is 2.05 bits per heavy atom. The van der Waals surface area contributed by atoms with Gasteiger partial charge in [-0.2, -0.15) is 9.97 Å². The van der Waals surface area contributed by atoms with E-state index in [1.54, 1.807) is 6.26 Å². The van der Waals surface area contributed by atoms with Gasteiger partial charge in [0.05, 0.1) is 17.6 Å². The van der Waals surface area contributed by atoms with Gasteiger partial charge in [-0.25, -0.2) is 0 Å². The van der Waals surface area contributed by atoms with Gasteiger partial charge in [0.1, 0.15) is 16.7 Å². The minimum Gasteiger partial charge on any atom is -0.609 e. The Bertz CT molecular complexity index is 667. The zero-order valence-corrected chi connectivity index (χ0v) is 14.1. The molecule has 1 spiro atoms. The third-order valence-corrected chi connectivity index (χ3v) is 5.80. The van der Waals surface area contributed by atoms with Crippen LogP contribution in [0.4, 0.5) is 5.82 Å². The highest BCUT2D eigenvalue weighted by Crippen LogP contribution is 2.45. The molecule has 0 N–H and O–H groups in total. The van der Waals surface area contributed by atoms with Crippen LogP contribution in [0, 0.1) is 0 Å². The number of rotatable bonds is 1. The molecule has 4 rings (SSSR count). The van der Waals surface area contributed by atoms with E-state index in [2.05, 4.69) is 30.8 Å². The second-order valence-electron chi connectivity index (χ2n) is 5.76. The normalized spacial score (nSPS) is 23.2. The number of aromatic nitrogens is 2. The summed E-state index contributed by atoms with van der Waals surface area (Å²) in [5, 5.41) is 0.371. The van der Waals surface area contributed by atoms with E-state index in [0.29, 0.717) is 9.76 Å². The second-order valence-corrected chi connectivity index (χ2v) is 7.79. The van der Waals surface area contributed by atoms with Crippen molar-refractivity contribution in [3.63, 3.8) is 0 Å². The van der Waals surface area contributed by atoms with Gasteiger partial charge in [0.15, 0.2) is 5.82 Å². The molecule has 1 fully saturated rings. The number of hydrogen-bond acceptors (Lipinski definition) is 5. The molecule has 3 aliphatic rings. The van der Waals surface area contributed by atoms with Gasteiger partial charge < -0.3 is 9.45 Å². The highest BCUT2D eigenvalue weighted by Gasteiger charge is 2.47. The lowest BCUT2D eigenvalue weighted by Gasteiger charge is -2.37. The first-order valence-corrected chi connectivity index (χ1v) is 9.40. The van der Waals surface area contributed by atoms with Gasteiger partial charge >= 0.3 is 5.16 Å². The molecule has 1 unspecified atom stereocenters. The van der Waals surface area contributed by atoms with Gasteiger partial charge in [-0.1, -0.05) is 12.8 Å². The molecule has 0 bridgehead atoms. The molecule has 0 radical (unpaired) electrons. The Morgan fingerprint density at radius 3 is 2.76 bits per heavy atom. The van der Waals surface area contributed by atoms with Crippen LogP contribution in [0.25, 0.3) is 6.08 Å². The average molecular weight is 367 g/mol. The first-order valence-electron chi connectivity index (χ1n) is 7.04. The largest absolute Gasteiger partial charge is 0.609 e. The Labute approximate surface area is 134 Å².